The fourth-order valence-electron chi connectivity index (χ4n) is 0.883. The number of aliphatic hydroxyl groups excluding tert-OH is 1. The van der Waals surface area contributed by atoms with Gasteiger partial charge in [0.15, 0.2) is 0 Å². The van der Waals surface area contributed by atoms with Gasteiger partial charge in [-0.2, -0.15) is 15.0 Å². The van der Waals surface area contributed by atoms with E-state index in [1.165, 1.54) is 0 Å². The highest BCUT2D eigenvalue weighted by atomic mass is 35.5. The van der Waals surface area contributed by atoms with Gasteiger partial charge in [-0.05, 0) is 11.6 Å². The number of aliphatic hydroxyl groups is 1. The summed E-state index contributed by atoms with van der Waals surface area (Å²) in [5.74, 6) is -3.06. The maximum Gasteiger partial charge on any atom is 0.287 e. The van der Waals surface area contributed by atoms with E-state index in [1.807, 2.05) is 0 Å². The molecule has 0 spiro atoms. The van der Waals surface area contributed by atoms with Crippen LogP contribution in [0.15, 0.2) is 0 Å². The average Bonchev–Trinajstić information content (AvgIpc) is 2.26. The average molecular weight is 268 g/mol. The standard InChI is InChI=1S/C8H12ClF2N5O/c1-16(2)7-14-5(9)13-6(15-7)12-3-8(10,11)4-17/h17H,3-4H2,1-2H3,(H,12,13,14,15). The van der Waals surface area contributed by atoms with Crippen molar-refractivity contribution in [3.05, 3.63) is 5.28 Å². The topological polar surface area (TPSA) is 74.2 Å². The lowest BCUT2D eigenvalue weighted by atomic mass is 10.3. The SMILES string of the molecule is CN(C)c1nc(Cl)nc(NCC(F)(F)CO)n1. The first kappa shape index (κ1) is 13.8. The Bertz CT molecular complexity index is 390. The van der Waals surface area contributed by atoms with E-state index in [4.69, 9.17) is 16.7 Å². The van der Waals surface area contributed by atoms with Crippen LogP contribution in [0.2, 0.25) is 5.28 Å². The predicted octanol–water partition coefficient (Wildman–Crippen LogP) is 0.630. The first-order valence-corrected chi connectivity index (χ1v) is 5.03. The molecule has 9 heteroatoms. The van der Waals surface area contributed by atoms with Crippen LogP contribution in [-0.4, -0.2) is 53.2 Å². The molecule has 0 bridgehead atoms. The van der Waals surface area contributed by atoms with Crippen LogP contribution in [-0.2, 0) is 0 Å². The minimum Gasteiger partial charge on any atom is -0.390 e. The Hall–Kier alpha value is -1.28. The van der Waals surface area contributed by atoms with Gasteiger partial charge in [-0.15, -0.1) is 0 Å². The van der Waals surface area contributed by atoms with Gasteiger partial charge in [0.2, 0.25) is 17.2 Å². The zero-order valence-electron chi connectivity index (χ0n) is 9.28. The molecule has 1 rings (SSSR count). The van der Waals surface area contributed by atoms with E-state index >= 15 is 0 Å². The third kappa shape index (κ3) is 4.23. The molecule has 1 aromatic rings. The number of halogens is 3. The molecule has 1 aromatic heterocycles. The molecule has 0 aliphatic carbocycles. The molecule has 0 aliphatic heterocycles. The van der Waals surface area contributed by atoms with Crippen molar-refractivity contribution in [1.82, 2.24) is 15.0 Å². The van der Waals surface area contributed by atoms with Crippen LogP contribution in [0.3, 0.4) is 0 Å². The molecule has 96 valence electrons. The van der Waals surface area contributed by atoms with E-state index in [-0.39, 0.29) is 17.2 Å². The number of nitrogens with zero attached hydrogens (tertiary/aromatic N) is 4. The smallest absolute Gasteiger partial charge is 0.287 e. The van der Waals surface area contributed by atoms with E-state index in [0.717, 1.165) is 0 Å². The summed E-state index contributed by atoms with van der Waals surface area (Å²) in [6.07, 6.45) is 0. The van der Waals surface area contributed by atoms with Crippen molar-refractivity contribution in [3.63, 3.8) is 0 Å². The van der Waals surface area contributed by atoms with Crippen molar-refractivity contribution < 1.29 is 13.9 Å². The van der Waals surface area contributed by atoms with Gasteiger partial charge in [0.1, 0.15) is 6.61 Å². The number of aromatic nitrogens is 3. The van der Waals surface area contributed by atoms with E-state index < -0.39 is 19.1 Å². The minimum atomic E-state index is -3.24. The molecule has 0 amide bonds. The van der Waals surface area contributed by atoms with E-state index in [9.17, 15) is 8.78 Å². The van der Waals surface area contributed by atoms with Crippen LogP contribution >= 0.6 is 11.6 Å². The minimum absolute atomic E-state index is 0.0678. The number of alkyl halides is 2. The number of rotatable bonds is 5. The third-order valence-electron chi connectivity index (χ3n) is 1.73. The molecule has 0 fully saturated rings. The van der Waals surface area contributed by atoms with Gasteiger partial charge in [0, 0.05) is 14.1 Å². The van der Waals surface area contributed by atoms with Crippen LogP contribution in [0.4, 0.5) is 20.7 Å². The summed E-state index contributed by atoms with van der Waals surface area (Å²) in [6, 6.07) is 0. The van der Waals surface area contributed by atoms with Gasteiger partial charge >= 0.3 is 0 Å². The lowest BCUT2D eigenvalue weighted by molar-refractivity contribution is -0.0374. The van der Waals surface area contributed by atoms with E-state index in [1.54, 1.807) is 19.0 Å². The van der Waals surface area contributed by atoms with Crippen molar-refractivity contribution in [1.29, 1.82) is 0 Å². The van der Waals surface area contributed by atoms with E-state index in [0.29, 0.717) is 0 Å². The molecule has 0 saturated carbocycles. The van der Waals surface area contributed by atoms with Gasteiger partial charge < -0.3 is 15.3 Å². The maximum atomic E-state index is 12.8. The molecular formula is C8H12ClF2N5O. The summed E-state index contributed by atoms with van der Waals surface area (Å²) < 4.78 is 25.5. The number of hydrogen-bond acceptors (Lipinski definition) is 6. The summed E-state index contributed by atoms with van der Waals surface area (Å²) in [5.41, 5.74) is 0. The zero-order chi connectivity index (χ0) is 13.1. The van der Waals surface area contributed by atoms with Crippen LogP contribution in [0, 0.1) is 0 Å². The molecule has 0 saturated heterocycles. The number of nitrogens with one attached hydrogen (secondary N) is 1. The number of hydrogen-bond donors (Lipinski definition) is 2. The first-order valence-electron chi connectivity index (χ1n) is 4.65. The Morgan fingerprint density at radius 2 is 2.00 bits per heavy atom. The largest absolute Gasteiger partial charge is 0.390 e. The predicted molar refractivity (Wildman–Crippen MR) is 59.7 cm³/mol. The van der Waals surface area contributed by atoms with Crippen molar-refractivity contribution in [2.75, 3.05) is 37.5 Å². The normalized spacial score (nSPS) is 11.4. The summed E-state index contributed by atoms with van der Waals surface area (Å²) in [4.78, 5) is 12.9. The molecule has 0 aromatic carbocycles. The second-order valence-corrected chi connectivity index (χ2v) is 3.83. The Morgan fingerprint density at radius 1 is 1.35 bits per heavy atom. The highest BCUT2D eigenvalue weighted by molar-refractivity contribution is 6.28. The van der Waals surface area contributed by atoms with Crippen LogP contribution < -0.4 is 10.2 Å². The Balaban J connectivity index is 2.78. The quantitative estimate of drug-likeness (QED) is 0.815. The van der Waals surface area contributed by atoms with Gasteiger partial charge in [-0.25, -0.2) is 8.78 Å². The molecule has 0 aliphatic rings. The summed E-state index contributed by atoms with van der Waals surface area (Å²) >= 11 is 5.61. The second-order valence-electron chi connectivity index (χ2n) is 3.49. The van der Waals surface area contributed by atoms with Crippen molar-refractivity contribution >= 4 is 23.5 Å². The summed E-state index contributed by atoms with van der Waals surface area (Å²) in [5, 5.41) is 10.6. The molecule has 1 heterocycles. The van der Waals surface area contributed by atoms with Gasteiger partial charge in [-0.1, -0.05) is 0 Å². The fourth-order valence-corrected chi connectivity index (χ4v) is 1.04. The Labute approximate surface area is 102 Å². The molecule has 6 nitrogen and oxygen atoms in total. The molecular weight excluding hydrogens is 256 g/mol. The van der Waals surface area contributed by atoms with Crippen LogP contribution in [0.1, 0.15) is 0 Å². The Morgan fingerprint density at radius 3 is 2.53 bits per heavy atom. The fraction of sp³-hybridized carbons (Fsp3) is 0.625. The summed E-state index contributed by atoms with van der Waals surface area (Å²) in [7, 11) is 3.36. The van der Waals surface area contributed by atoms with Gasteiger partial charge in [0.25, 0.3) is 5.92 Å². The van der Waals surface area contributed by atoms with Gasteiger partial charge in [0.05, 0.1) is 6.54 Å². The van der Waals surface area contributed by atoms with Crippen LogP contribution in [0.25, 0.3) is 0 Å². The third-order valence-corrected chi connectivity index (χ3v) is 1.90. The van der Waals surface area contributed by atoms with Gasteiger partial charge in [-0.3, -0.25) is 0 Å². The lowest BCUT2D eigenvalue weighted by Gasteiger charge is -2.15. The molecule has 0 radical (unpaired) electrons. The highest BCUT2D eigenvalue weighted by Crippen LogP contribution is 2.15. The maximum absolute atomic E-state index is 12.8. The van der Waals surface area contributed by atoms with Crippen molar-refractivity contribution in [2.45, 2.75) is 5.92 Å². The van der Waals surface area contributed by atoms with Crippen molar-refractivity contribution in [3.8, 4) is 0 Å². The second kappa shape index (κ2) is 5.37. The monoisotopic (exact) mass is 267 g/mol. The molecule has 0 atom stereocenters. The Kier molecular flexibility index (Phi) is 4.35. The molecule has 2 N–H and O–H groups in total. The zero-order valence-corrected chi connectivity index (χ0v) is 10.0. The lowest BCUT2D eigenvalue weighted by Crippen LogP contribution is -2.31. The summed E-state index contributed by atoms with van der Waals surface area (Å²) in [6.45, 7) is -2.03. The first-order chi connectivity index (χ1) is 7.84. The van der Waals surface area contributed by atoms with E-state index in [2.05, 4.69) is 20.3 Å². The number of anilines is 2. The molecule has 17 heavy (non-hydrogen) atoms. The van der Waals surface area contributed by atoms with Crippen LogP contribution in [0.5, 0.6) is 0 Å². The van der Waals surface area contributed by atoms with Crippen molar-refractivity contribution in [2.24, 2.45) is 0 Å². The highest BCUT2D eigenvalue weighted by Gasteiger charge is 2.27. The molecule has 0 unspecified atom stereocenters.